The van der Waals surface area contributed by atoms with Crippen molar-refractivity contribution < 1.29 is 21.3 Å². The van der Waals surface area contributed by atoms with E-state index in [1.54, 1.807) is 18.2 Å². The van der Waals surface area contributed by atoms with Gasteiger partial charge in [0.15, 0.2) is 18.5 Å². The zero-order valence-corrected chi connectivity index (χ0v) is 22.3. The van der Waals surface area contributed by atoms with Gasteiger partial charge in [0.1, 0.15) is 9.79 Å². The number of aromatic amines is 1. The number of nitrogens with zero attached hydrogens (tertiary/aromatic N) is 5. The third-order valence-electron chi connectivity index (χ3n) is 6.86. The van der Waals surface area contributed by atoms with Gasteiger partial charge in [-0.1, -0.05) is 18.2 Å². The minimum Gasteiger partial charge on any atom is -0.369 e. The van der Waals surface area contributed by atoms with Gasteiger partial charge in [0, 0.05) is 18.5 Å². The van der Waals surface area contributed by atoms with Crippen LogP contribution in [0.2, 0.25) is 0 Å². The minimum atomic E-state index is -4.60. The predicted molar refractivity (Wildman–Crippen MR) is 142 cm³/mol. The molecule has 0 aliphatic carbocycles. The number of likely N-dealkylation sites (N-methyl/N-ethyl adjacent to an activating group) is 1. The number of aromatic nitrogens is 2. The number of quaternary nitrogens is 1. The summed E-state index contributed by atoms with van der Waals surface area (Å²) in [5.41, 5.74) is 13.4. The number of nitrogens with one attached hydrogen (secondary N) is 2. The molecule has 2 atom stereocenters. The first-order valence-corrected chi connectivity index (χ1v) is 14.9. The number of hydrogen-bond donors (Lipinski definition) is 5. The van der Waals surface area contributed by atoms with Crippen LogP contribution in [0.4, 0.5) is 5.95 Å². The van der Waals surface area contributed by atoms with E-state index in [-0.39, 0.29) is 24.0 Å². The van der Waals surface area contributed by atoms with E-state index in [2.05, 4.69) is 29.9 Å². The number of sulfonamides is 2. The van der Waals surface area contributed by atoms with Crippen molar-refractivity contribution in [1.29, 1.82) is 0 Å². The maximum atomic E-state index is 13.7. The van der Waals surface area contributed by atoms with E-state index in [1.165, 1.54) is 12.1 Å². The van der Waals surface area contributed by atoms with Gasteiger partial charge in [-0.3, -0.25) is 0 Å². The topological polar surface area (TPSA) is 224 Å². The Bertz CT molecular complexity index is 1700. The molecule has 0 spiro atoms. The van der Waals surface area contributed by atoms with Crippen molar-refractivity contribution in [2.24, 2.45) is 26.1 Å². The number of likely N-dealkylation sites (tertiary alicyclic amines) is 1. The molecule has 0 radical (unpaired) electrons. The Morgan fingerprint density at radius 2 is 1.95 bits per heavy atom. The highest BCUT2D eigenvalue weighted by molar-refractivity contribution is 7.92. The lowest BCUT2D eigenvalue weighted by Gasteiger charge is -2.29. The molecule has 0 amide bonds. The number of imidazole rings is 1. The summed E-state index contributed by atoms with van der Waals surface area (Å²) in [7, 11) is -6.93. The molecule has 1 aromatic heterocycles. The summed E-state index contributed by atoms with van der Waals surface area (Å²) >= 11 is 0. The van der Waals surface area contributed by atoms with Crippen LogP contribution in [0.3, 0.4) is 0 Å². The molecule has 38 heavy (non-hydrogen) atoms. The molecule has 16 heteroatoms. The zero-order valence-electron chi connectivity index (χ0n) is 20.6. The summed E-state index contributed by atoms with van der Waals surface area (Å²) in [4.78, 5) is 10.4. The van der Waals surface area contributed by atoms with E-state index in [1.807, 2.05) is 7.05 Å². The number of H-pyrrole nitrogens is 1. The number of para-hydroxylation sites is 1. The monoisotopic (exact) mass is 561 g/mol. The SMILES string of the molecule is C[N+]1(CCN)CC[C@H](NS(=O)(=O)c2ccc(-c3cccc4[nH]c(N)nc34)c(C3=NCN=N3)c2S(N)(=O)=O)C1. The van der Waals surface area contributed by atoms with Crippen LogP contribution in [0, 0.1) is 0 Å². The number of nitrogens with two attached hydrogens (primary N) is 3. The zero-order chi connectivity index (χ0) is 27.3. The number of hydrogen-bond acceptors (Lipinski definition) is 10. The molecule has 2 aliphatic heterocycles. The Morgan fingerprint density at radius 1 is 1.16 bits per heavy atom. The first-order chi connectivity index (χ1) is 17.9. The second-order valence-corrected chi connectivity index (χ2v) is 12.9. The predicted octanol–water partition coefficient (Wildman–Crippen LogP) is 0.0853. The summed E-state index contributed by atoms with van der Waals surface area (Å²) in [5, 5.41) is 13.5. The number of amidine groups is 1. The van der Waals surface area contributed by atoms with Crippen molar-refractivity contribution in [2.45, 2.75) is 22.3 Å². The first-order valence-electron chi connectivity index (χ1n) is 11.8. The van der Waals surface area contributed by atoms with E-state index in [0.717, 1.165) is 6.54 Å². The van der Waals surface area contributed by atoms with Crippen LogP contribution in [0.1, 0.15) is 12.0 Å². The van der Waals surface area contributed by atoms with E-state index in [0.29, 0.717) is 52.7 Å². The number of nitrogen functional groups attached to an aromatic ring is 1. The molecule has 2 aromatic carbocycles. The van der Waals surface area contributed by atoms with Gasteiger partial charge in [0.2, 0.25) is 20.0 Å². The number of rotatable bonds is 8. The standard InChI is InChI=1S/C22H29N10O4S2/c1-32(10-8-23)9-7-13(11-32)31-38(35,36)17-6-5-14(15-3-2-4-16-19(15)29-22(24)28-16)18(20(17)37(25,33)34)21-26-12-27-30-21/h2-6,13,31H,7-12,23H2,1H3,(H3,24,28,29)(H2,25,33,34)/q+1/t13-,32?/m0/s1. The summed E-state index contributed by atoms with van der Waals surface area (Å²) < 4.78 is 56.7. The normalized spacial score (nSPS) is 21.9. The van der Waals surface area contributed by atoms with Crippen LogP contribution in [0.25, 0.3) is 22.2 Å². The number of anilines is 1. The Kier molecular flexibility index (Phi) is 6.57. The van der Waals surface area contributed by atoms with Crippen LogP contribution in [0.5, 0.6) is 0 Å². The maximum Gasteiger partial charge on any atom is 0.242 e. The van der Waals surface area contributed by atoms with Gasteiger partial charge < -0.3 is 20.9 Å². The van der Waals surface area contributed by atoms with E-state index >= 15 is 0 Å². The van der Waals surface area contributed by atoms with Crippen LogP contribution in [0.15, 0.2) is 55.3 Å². The number of aliphatic imine (C=N–C) groups is 1. The molecule has 3 aromatic rings. The van der Waals surface area contributed by atoms with Gasteiger partial charge >= 0.3 is 0 Å². The Hall–Kier alpha value is -3.28. The van der Waals surface area contributed by atoms with Gasteiger partial charge in [0.05, 0.1) is 49.3 Å². The summed E-state index contributed by atoms with van der Waals surface area (Å²) in [6.07, 6.45) is 0.578. The van der Waals surface area contributed by atoms with Gasteiger partial charge in [-0.25, -0.2) is 36.7 Å². The molecule has 1 fully saturated rings. The first kappa shape index (κ1) is 26.3. The third kappa shape index (κ3) is 4.81. The van der Waals surface area contributed by atoms with Crippen LogP contribution in [-0.2, 0) is 20.0 Å². The van der Waals surface area contributed by atoms with Crippen molar-refractivity contribution in [3.05, 3.63) is 35.9 Å². The molecule has 0 bridgehead atoms. The second-order valence-electron chi connectivity index (χ2n) is 9.69. The third-order valence-corrected chi connectivity index (χ3v) is 9.54. The number of primary sulfonamides is 1. The molecule has 14 nitrogen and oxygen atoms in total. The highest BCUT2D eigenvalue weighted by Gasteiger charge is 2.39. The highest BCUT2D eigenvalue weighted by atomic mass is 32.2. The summed E-state index contributed by atoms with van der Waals surface area (Å²) in [5.74, 6) is 0.119. The molecule has 2 aliphatic rings. The van der Waals surface area contributed by atoms with Crippen molar-refractivity contribution >= 4 is 42.9 Å². The van der Waals surface area contributed by atoms with Crippen LogP contribution in [-0.4, -0.2) is 83.1 Å². The summed E-state index contributed by atoms with van der Waals surface area (Å²) in [6.45, 7) is 2.41. The van der Waals surface area contributed by atoms with Crippen molar-refractivity contribution in [3.63, 3.8) is 0 Å². The number of azo groups is 1. The fraction of sp³-hybridized carbons (Fsp3) is 0.364. The quantitative estimate of drug-likeness (QED) is 0.238. The van der Waals surface area contributed by atoms with Crippen LogP contribution >= 0.6 is 0 Å². The lowest BCUT2D eigenvalue weighted by atomic mass is 9.97. The summed E-state index contributed by atoms with van der Waals surface area (Å²) in [6, 6.07) is 7.52. The fourth-order valence-corrected chi connectivity index (χ4v) is 8.07. The van der Waals surface area contributed by atoms with E-state index in [4.69, 9.17) is 16.6 Å². The van der Waals surface area contributed by atoms with Gasteiger partial charge in [-0.05, 0) is 17.7 Å². The van der Waals surface area contributed by atoms with Crippen LogP contribution < -0.4 is 21.3 Å². The molecule has 8 N–H and O–H groups in total. The largest absolute Gasteiger partial charge is 0.369 e. The number of fused-ring (bicyclic) bond motifs is 1. The van der Waals surface area contributed by atoms with Gasteiger partial charge in [-0.15, -0.1) is 5.11 Å². The number of benzene rings is 2. The highest BCUT2D eigenvalue weighted by Crippen LogP contribution is 2.37. The minimum absolute atomic E-state index is 0.0344. The van der Waals surface area contributed by atoms with E-state index in [9.17, 15) is 16.8 Å². The fourth-order valence-electron chi connectivity index (χ4n) is 5.21. The lowest BCUT2D eigenvalue weighted by Crippen LogP contribution is -2.48. The van der Waals surface area contributed by atoms with Gasteiger partial charge in [0.25, 0.3) is 0 Å². The Morgan fingerprint density at radius 3 is 2.63 bits per heavy atom. The smallest absolute Gasteiger partial charge is 0.242 e. The molecular formula is C22H29N10O4S2+. The molecule has 202 valence electrons. The lowest BCUT2D eigenvalue weighted by molar-refractivity contribution is -0.896. The van der Waals surface area contributed by atoms with Gasteiger partial charge in [-0.2, -0.15) is 5.11 Å². The van der Waals surface area contributed by atoms with Crippen molar-refractivity contribution in [2.75, 3.05) is 45.6 Å². The van der Waals surface area contributed by atoms with E-state index < -0.39 is 35.9 Å². The molecule has 0 saturated carbocycles. The second kappa shape index (κ2) is 9.48. The molecule has 3 heterocycles. The maximum absolute atomic E-state index is 13.7. The average molecular weight is 562 g/mol. The van der Waals surface area contributed by atoms with Crippen molar-refractivity contribution in [3.8, 4) is 11.1 Å². The molecular weight excluding hydrogens is 532 g/mol. The van der Waals surface area contributed by atoms with Crippen molar-refractivity contribution in [1.82, 2.24) is 14.7 Å². The molecule has 1 saturated heterocycles. The Balaban J connectivity index is 1.70. The molecule has 1 unspecified atom stereocenters. The molecule has 5 rings (SSSR count). The Labute approximate surface area is 219 Å². The average Bonchev–Trinajstić information content (AvgIpc) is 3.57.